The van der Waals surface area contributed by atoms with Gasteiger partial charge in [-0.3, -0.25) is 9.29 Å². The maximum atomic E-state index is 13.5. The first-order chi connectivity index (χ1) is 17.3. The average Bonchev–Trinajstić information content (AvgIpc) is 3.54. The molecule has 3 heterocycles. The summed E-state index contributed by atoms with van der Waals surface area (Å²) in [5, 5.41) is 7.66. The fraction of sp³-hybridized carbons (Fsp3) is 0.455. The summed E-state index contributed by atoms with van der Waals surface area (Å²) in [4.78, 5) is 8.23. The summed E-state index contributed by atoms with van der Waals surface area (Å²) >= 11 is 5.87. The Hall–Kier alpha value is -3.00. The van der Waals surface area contributed by atoms with Gasteiger partial charge < -0.3 is 18.9 Å². The number of sulfonamides is 1. The van der Waals surface area contributed by atoms with Crippen LogP contribution in [0.25, 0.3) is 5.69 Å². The highest BCUT2D eigenvalue weighted by molar-refractivity contribution is 7.93. The second-order valence-corrected chi connectivity index (χ2v) is 10.5. The van der Waals surface area contributed by atoms with Crippen LogP contribution in [0.2, 0.25) is 5.02 Å². The van der Waals surface area contributed by atoms with Crippen LogP contribution in [0.5, 0.6) is 11.5 Å². The molecule has 0 unspecified atom stereocenters. The number of nitrogens with one attached hydrogen (secondary N) is 1. The fourth-order valence-corrected chi connectivity index (χ4v) is 5.21. The molecule has 4 rings (SSSR count). The lowest BCUT2D eigenvalue weighted by Gasteiger charge is -2.23. The molecule has 0 spiro atoms. The number of aromatic nitrogens is 5. The quantitative estimate of drug-likeness (QED) is 0.409. The van der Waals surface area contributed by atoms with Crippen LogP contribution >= 0.6 is 11.6 Å². The van der Waals surface area contributed by atoms with Gasteiger partial charge in [0.05, 0.1) is 19.2 Å². The minimum absolute atomic E-state index is 0.0537. The number of halogens is 1. The van der Waals surface area contributed by atoms with E-state index in [1.54, 1.807) is 22.8 Å². The molecule has 1 fully saturated rings. The van der Waals surface area contributed by atoms with Gasteiger partial charge in [-0.05, 0) is 31.9 Å². The molecule has 0 amide bonds. The minimum Gasteiger partial charge on any atom is -0.494 e. The number of methoxy groups -OCH3 is 3. The second kappa shape index (κ2) is 10.9. The van der Waals surface area contributed by atoms with E-state index in [0.29, 0.717) is 41.1 Å². The topological polar surface area (TPSA) is 140 Å². The highest BCUT2D eigenvalue weighted by Crippen LogP contribution is 2.39. The molecule has 3 aromatic rings. The monoisotopic (exact) mass is 538 g/mol. The summed E-state index contributed by atoms with van der Waals surface area (Å²) in [6, 6.07) is 5.23. The molecular formula is C22H27ClN6O6S. The summed E-state index contributed by atoms with van der Waals surface area (Å²) in [5.41, 5.74) is 0.438. The van der Waals surface area contributed by atoms with E-state index in [1.165, 1.54) is 40.6 Å². The summed E-state index contributed by atoms with van der Waals surface area (Å²) in [6.07, 6.45) is 2.95. The lowest BCUT2D eigenvalue weighted by atomic mass is 10.2. The van der Waals surface area contributed by atoms with Crippen LogP contribution in [0.1, 0.15) is 43.6 Å². The normalized spacial score (nSPS) is 17.5. The number of benzene rings is 1. The molecule has 14 heteroatoms. The molecule has 1 aromatic carbocycles. The van der Waals surface area contributed by atoms with Crippen molar-refractivity contribution in [1.82, 2.24) is 24.7 Å². The maximum absolute atomic E-state index is 13.5. The van der Waals surface area contributed by atoms with Crippen LogP contribution in [0.3, 0.4) is 0 Å². The van der Waals surface area contributed by atoms with Crippen LogP contribution in [0.4, 0.5) is 5.95 Å². The molecular weight excluding hydrogens is 512 g/mol. The average molecular weight is 539 g/mol. The van der Waals surface area contributed by atoms with E-state index in [2.05, 4.69) is 24.9 Å². The van der Waals surface area contributed by atoms with Gasteiger partial charge in [0.25, 0.3) is 0 Å². The Morgan fingerprint density at radius 1 is 1.14 bits per heavy atom. The largest absolute Gasteiger partial charge is 0.494 e. The molecule has 3 atom stereocenters. The number of anilines is 1. The molecule has 2 aromatic heterocycles. The Morgan fingerprint density at radius 2 is 1.81 bits per heavy atom. The third kappa shape index (κ3) is 5.09. The van der Waals surface area contributed by atoms with Crippen molar-refractivity contribution < 1.29 is 27.4 Å². The third-order valence-corrected chi connectivity index (χ3v) is 7.72. The number of ether oxygens (including phenoxy) is 4. The minimum atomic E-state index is -4.10. The van der Waals surface area contributed by atoms with Gasteiger partial charge in [-0.25, -0.2) is 18.4 Å². The van der Waals surface area contributed by atoms with Gasteiger partial charge in [0.1, 0.15) is 34.6 Å². The van der Waals surface area contributed by atoms with Crippen LogP contribution in [0, 0.1) is 0 Å². The Kier molecular flexibility index (Phi) is 7.93. The predicted molar refractivity (Wildman–Crippen MR) is 131 cm³/mol. The number of nitrogens with zero attached hydrogens (tertiary/aromatic N) is 5. The van der Waals surface area contributed by atoms with Crippen molar-refractivity contribution in [1.29, 1.82) is 0 Å². The molecule has 0 aliphatic carbocycles. The van der Waals surface area contributed by atoms with E-state index in [4.69, 9.17) is 30.5 Å². The lowest BCUT2D eigenvalue weighted by Crippen LogP contribution is -2.33. The lowest BCUT2D eigenvalue weighted by molar-refractivity contribution is 0.0950. The molecule has 194 valence electrons. The zero-order valence-electron chi connectivity index (χ0n) is 20.2. The molecule has 36 heavy (non-hydrogen) atoms. The predicted octanol–water partition coefficient (Wildman–Crippen LogP) is 3.10. The first kappa shape index (κ1) is 26.1. The fourth-order valence-electron chi connectivity index (χ4n) is 3.98. The van der Waals surface area contributed by atoms with Crippen LogP contribution in [0.15, 0.2) is 30.6 Å². The zero-order chi connectivity index (χ0) is 25.9. The van der Waals surface area contributed by atoms with Gasteiger partial charge in [0.2, 0.25) is 16.0 Å². The third-order valence-electron chi connectivity index (χ3n) is 5.83. The van der Waals surface area contributed by atoms with Gasteiger partial charge in [0, 0.05) is 26.1 Å². The number of hydrogen-bond acceptors (Lipinski definition) is 10. The zero-order valence-corrected chi connectivity index (χ0v) is 21.8. The van der Waals surface area contributed by atoms with Crippen molar-refractivity contribution in [3.05, 3.63) is 47.3 Å². The summed E-state index contributed by atoms with van der Waals surface area (Å²) in [7, 11) is 0.304. The molecule has 1 aliphatic heterocycles. The highest BCUT2D eigenvalue weighted by Gasteiger charge is 2.36. The molecule has 0 bridgehead atoms. The molecule has 12 nitrogen and oxygen atoms in total. The molecule has 1 aliphatic rings. The van der Waals surface area contributed by atoms with E-state index >= 15 is 0 Å². The van der Waals surface area contributed by atoms with Crippen LogP contribution < -0.4 is 14.2 Å². The summed E-state index contributed by atoms with van der Waals surface area (Å²) < 4.78 is 53.6. The van der Waals surface area contributed by atoms with Gasteiger partial charge in [-0.2, -0.15) is 0 Å². The van der Waals surface area contributed by atoms with E-state index in [9.17, 15) is 8.42 Å². The van der Waals surface area contributed by atoms with Crippen LogP contribution in [-0.2, 0) is 19.5 Å². The van der Waals surface area contributed by atoms with E-state index < -0.39 is 21.4 Å². The first-order valence-electron chi connectivity index (χ1n) is 11.1. The van der Waals surface area contributed by atoms with Crippen molar-refractivity contribution >= 4 is 27.6 Å². The standard InChI is InChI=1S/C22H27ClN6O6S/c1-13(19(34-4)20-24-11-14(23)12-25-20)36(30,31)28-22-27-26-21(17-9-6-10-35-17)29(22)18-15(32-2)7-5-8-16(18)33-3/h5,7-8,11-13,17,19H,6,9-10H2,1-4H3,(H,27,28)/t13-,17+,19-/m0/s1. The second-order valence-electron chi connectivity index (χ2n) is 8.00. The molecule has 1 N–H and O–H groups in total. The van der Waals surface area contributed by atoms with E-state index in [0.717, 1.165) is 6.42 Å². The molecule has 0 saturated carbocycles. The maximum Gasteiger partial charge on any atom is 0.243 e. The van der Waals surface area contributed by atoms with Gasteiger partial charge in [0.15, 0.2) is 11.6 Å². The van der Waals surface area contributed by atoms with Crippen molar-refractivity contribution in [3.8, 4) is 17.2 Å². The van der Waals surface area contributed by atoms with Crippen LogP contribution in [-0.4, -0.2) is 66.3 Å². The molecule has 1 saturated heterocycles. The van der Waals surface area contributed by atoms with Crippen molar-refractivity contribution in [2.24, 2.45) is 0 Å². The number of hydrogen-bond donors (Lipinski definition) is 1. The van der Waals surface area contributed by atoms with Crippen molar-refractivity contribution in [3.63, 3.8) is 0 Å². The number of rotatable bonds is 10. The highest BCUT2D eigenvalue weighted by atomic mass is 35.5. The Bertz CT molecular complexity index is 1270. The van der Waals surface area contributed by atoms with Crippen molar-refractivity contribution in [2.45, 2.75) is 37.2 Å². The molecule has 0 radical (unpaired) electrons. The summed E-state index contributed by atoms with van der Waals surface area (Å²) in [6.45, 7) is 2.05. The summed E-state index contributed by atoms with van der Waals surface area (Å²) in [5.74, 6) is 1.41. The number of para-hydroxylation sites is 1. The Balaban J connectivity index is 1.77. The Morgan fingerprint density at radius 3 is 2.36 bits per heavy atom. The van der Waals surface area contributed by atoms with E-state index in [-0.39, 0.29) is 17.9 Å². The van der Waals surface area contributed by atoms with Crippen molar-refractivity contribution in [2.75, 3.05) is 32.7 Å². The first-order valence-corrected chi connectivity index (χ1v) is 13.0. The Labute approximate surface area is 214 Å². The SMILES string of the molecule is COc1cccc(OC)c1-n1c(NS(=O)(=O)[C@@H](C)[C@H](OC)c2ncc(Cl)cn2)nnc1[C@H]1CCCO1. The van der Waals surface area contributed by atoms with Gasteiger partial charge in [-0.15, -0.1) is 10.2 Å². The van der Waals surface area contributed by atoms with E-state index in [1.807, 2.05) is 0 Å². The van der Waals surface area contributed by atoms with Gasteiger partial charge in [-0.1, -0.05) is 17.7 Å². The smallest absolute Gasteiger partial charge is 0.243 e. The van der Waals surface area contributed by atoms with Gasteiger partial charge >= 0.3 is 0 Å².